The van der Waals surface area contributed by atoms with E-state index in [1.54, 1.807) is 7.11 Å². The topological polar surface area (TPSA) is 33.7 Å². The molecule has 2 atom stereocenters. The van der Waals surface area contributed by atoms with E-state index in [0.29, 0.717) is 6.04 Å². The zero-order valence-electron chi connectivity index (χ0n) is 15.1. The fraction of sp³-hybridized carbons (Fsp3) is 0.429. The van der Waals surface area contributed by atoms with Gasteiger partial charge in [-0.25, -0.2) is 4.39 Å². The van der Waals surface area contributed by atoms with Crippen LogP contribution in [0.2, 0.25) is 0 Å². The van der Waals surface area contributed by atoms with E-state index in [-0.39, 0.29) is 11.4 Å². The number of ether oxygens (including phenoxy) is 2. The second-order valence-corrected chi connectivity index (χ2v) is 7.36. The number of rotatable bonds is 5. The number of halogens is 1. The standard InChI is InChI=1S/C21H25FN2O2/c1-25-20-8-6-18(7-9-20)23-19-12-21(26-14-19)10-11-24(15-21)13-16-2-4-17(22)5-3-16/h2-9,19,23H,10-15H2,1H3/t19-,21-/m1/s1. The summed E-state index contributed by atoms with van der Waals surface area (Å²) in [4.78, 5) is 2.41. The molecule has 0 unspecified atom stereocenters. The lowest BCUT2D eigenvalue weighted by atomic mass is 9.97. The molecule has 5 heteroatoms. The smallest absolute Gasteiger partial charge is 0.123 e. The lowest BCUT2D eigenvalue weighted by Crippen LogP contribution is -2.33. The third-order valence-corrected chi connectivity index (χ3v) is 5.38. The van der Waals surface area contributed by atoms with Crippen LogP contribution in [0, 0.1) is 5.82 Å². The molecule has 26 heavy (non-hydrogen) atoms. The quantitative estimate of drug-likeness (QED) is 0.886. The van der Waals surface area contributed by atoms with Gasteiger partial charge in [-0.1, -0.05) is 12.1 Å². The number of nitrogens with zero attached hydrogens (tertiary/aromatic N) is 1. The molecular weight excluding hydrogens is 331 g/mol. The van der Waals surface area contributed by atoms with E-state index in [9.17, 15) is 4.39 Å². The van der Waals surface area contributed by atoms with E-state index in [2.05, 4.69) is 10.2 Å². The molecule has 2 aliphatic heterocycles. The van der Waals surface area contributed by atoms with Gasteiger partial charge in [-0.2, -0.15) is 0 Å². The van der Waals surface area contributed by atoms with Gasteiger partial charge in [0.05, 0.1) is 25.4 Å². The highest BCUT2D eigenvalue weighted by Gasteiger charge is 2.45. The van der Waals surface area contributed by atoms with Gasteiger partial charge in [0.25, 0.3) is 0 Å². The summed E-state index contributed by atoms with van der Waals surface area (Å²) in [6, 6.07) is 15.1. The Bertz CT molecular complexity index is 735. The van der Waals surface area contributed by atoms with Gasteiger partial charge >= 0.3 is 0 Å². The molecule has 0 bridgehead atoms. The zero-order valence-corrected chi connectivity index (χ0v) is 15.1. The first-order chi connectivity index (χ1) is 12.6. The van der Waals surface area contributed by atoms with Gasteiger partial charge in [0.2, 0.25) is 0 Å². The zero-order chi connectivity index (χ0) is 18.0. The van der Waals surface area contributed by atoms with Gasteiger partial charge in [-0.05, 0) is 48.4 Å². The summed E-state index contributed by atoms with van der Waals surface area (Å²) in [5, 5.41) is 3.57. The minimum atomic E-state index is -0.182. The Kier molecular flexibility index (Phi) is 4.83. The molecule has 0 saturated carbocycles. The monoisotopic (exact) mass is 356 g/mol. The average molecular weight is 356 g/mol. The van der Waals surface area contributed by atoms with Gasteiger partial charge in [0.15, 0.2) is 0 Å². The number of methoxy groups -OCH3 is 1. The molecule has 1 N–H and O–H groups in total. The fourth-order valence-electron chi connectivity index (χ4n) is 4.05. The summed E-state index contributed by atoms with van der Waals surface area (Å²) in [6.45, 7) is 3.54. The Balaban J connectivity index is 1.32. The van der Waals surface area contributed by atoms with Crippen LogP contribution in [0.25, 0.3) is 0 Å². The third-order valence-electron chi connectivity index (χ3n) is 5.38. The van der Waals surface area contributed by atoms with Crippen LogP contribution in [-0.4, -0.2) is 43.3 Å². The molecule has 2 fully saturated rings. The van der Waals surface area contributed by atoms with Crippen molar-refractivity contribution in [2.45, 2.75) is 31.0 Å². The van der Waals surface area contributed by atoms with Gasteiger partial charge in [-0.3, -0.25) is 4.90 Å². The highest BCUT2D eigenvalue weighted by molar-refractivity contribution is 5.47. The Hall–Kier alpha value is -2.11. The highest BCUT2D eigenvalue weighted by atomic mass is 19.1. The lowest BCUT2D eigenvalue weighted by molar-refractivity contribution is 0.0120. The summed E-state index contributed by atoms with van der Waals surface area (Å²) in [6.07, 6.45) is 2.06. The molecule has 1 spiro atoms. The summed E-state index contributed by atoms with van der Waals surface area (Å²) in [5.41, 5.74) is 2.19. The van der Waals surface area contributed by atoms with Gasteiger partial charge in [-0.15, -0.1) is 0 Å². The normalized spacial score (nSPS) is 25.7. The molecule has 4 rings (SSSR count). The molecule has 0 aromatic heterocycles. The molecule has 2 saturated heterocycles. The van der Waals surface area contributed by atoms with Crippen molar-refractivity contribution in [1.29, 1.82) is 0 Å². The van der Waals surface area contributed by atoms with Crippen LogP contribution in [0.1, 0.15) is 18.4 Å². The van der Waals surface area contributed by atoms with Crippen molar-refractivity contribution in [3.05, 3.63) is 59.9 Å². The number of anilines is 1. The van der Waals surface area contributed by atoms with Crippen molar-refractivity contribution in [3.8, 4) is 5.75 Å². The SMILES string of the molecule is COc1ccc(N[C@H]2CO[C@]3(CCN(Cc4ccc(F)cc4)C3)C2)cc1. The number of hydrogen-bond acceptors (Lipinski definition) is 4. The molecule has 4 nitrogen and oxygen atoms in total. The summed E-state index contributed by atoms with van der Waals surface area (Å²) >= 11 is 0. The summed E-state index contributed by atoms with van der Waals surface area (Å²) < 4.78 is 24.5. The lowest BCUT2D eigenvalue weighted by Gasteiger charge is -2.23. The summed E-state index contributed by atoms with van der Waals surface area (Å²) in [5.74, 6) is 0.681. The molecule has 2 aromatic rings. The van der Waals surface area contributed by atoms with E-state index in [1.165, 1.54) is 12.1 Å². The van der Waals surface area contributed by atoms with Crippen LogP contribution in [0.3, 0.4) is 0 Å². The minimum absolute atomic E-state index is 0.0514. The van der Waals surface area contributed by atoms with Crippen LogP contribution in [0.4, 0.5) is 10.1 Å². The number of benzene rings is 2. The number of nitrogens with one attached hydrogen (secondary N) is 1. The van der Waals surface area contributed by atoms with Crippen LogP contribution in [0.15, 0.2) is 48.5 Å². The van der Waals surface area contributed by atoms with Crippen molar-refractivity contribution in [3.63, 3.8) is 0 Å². The van der Waals surface area contributed by atoms with Gasteiger partial charge < -0.3 is 14.8 Å². The Morgan fingerprint density at radius 2 is 1.96 bits per heavy atom. The maximum Gasteiger partial charge on any atom is 0.123 e. The van der Waals surface area contributed by atoms with Crippen molar-refractivity contribution >= 4 is 5.69 Å². The first kappa shape index (κ1) is 17.3. The third kappa shape index (κ3) is 3.84. The molecule has 138 valence electrons. The van der Waals surface area contributed by atoms with Gasteiger partial charge in [0.1, 0.15) is 11.6 Å². The number of hydrogen-bond donors (Lipinski definition) is 1. The second-order valence-electron chi connectivity index (χ2n) is 7.36. The molecule has 2 heterocycles. The predicted octanol–water partition coefficient (Wildman–Crippen LogP) is 3.68. The van der Waals surface area contributed by atoms with Gasteiger partial charge in [0, 0.05) is 31.7 Å². The summed E-state index contributed by atoms with van der Waals surface area (Å²) in [7, 11) is 1.68. The Labute approximate surface area is 153 Å². The van der Waals surface area contributed by atoms with E-state index in [4.69, 9.17) is 9.47 Å². The minimum Gasteiger partial charge on any atom is -0.497 e. The molecule has 0 radical (unpaired) electrons. The molecule has 2 aliphatic rings. The van der Waals surface area contributed by atoms with E-state index < -0.39 is 0 Å². The average Bonchev–Trinajstić information content (AvgIpc) is 3.24. The fourth-order valence-corrected chi connectivity index (χ4v) is 4.05. The van der Waals surface area contributed by atoms with Crippen LogP contribution < -0.4 is 10.1 Å². The molecular formula is C21H25FN2O2. The first-order valence-corrected chi connectivity index (χ1v) is 9.15. The van der Waals surface area contributed by atoms with Crippen molar-refractivity contribution in [2.24, 2.45) is 0 Å². The number of likely N-dealkylation sites (tertiary alicyclic amines) is 1. The first-order valence-electron chi connectivity index (χ1n) is 9.15. The maximum absolute atomic E-state index is 13.1. The van der Waals surface area contributed by atoms with Crippen molar-refractivity contribution in [2.75, 3.05) is 32.1 Å². The molecule has 0 aliphatic carbocycles. The van der Waals surface area contributed by atoms with Crippen molar-refractivity contribution < 1.29 is 13.9 Å². The Morgan fingerprint density at radius 3 is 2.69 bits per heavy atom. The van der Waals surface area contributed by atoms with Crippen LogP contribution >= 0.6 is 0 Å². The van der Waals surface area contributed by atoms with Crippen molar-refractivity contribution in [1.82, 2.24) is 4.90 Å². The molecule has 0 amide bonds. The van der Waals surface area contributed by atoms with E-state index in [1.807, 2.05) is 36.4 Å². The predicted molar refractivity (Wildman–Crippen MR) is 100.0 cm³/mol. The van der Waals surface area contributed by atoms with Crippen LogP contribution in [0.5, 0.6) is 5.75 Å². The second kappa shape index (κ2) is 7.25. The highest BCUT2D eigenvalue weighted by Crippen LogP contribution is 2.36. The largest absolute Gasteiger partial charge is 0.497 e. The Morgan fingerprint density at radius 1 is 1.19 bits per heavy atom. The van der Waals surface area contributed by atoms with Crippen LogP contribution in [-0.2, 0) is 11.3 Å². The molecule has 2 aromatic carbocycles. The maximum atomic E-state index is 13.1. The van der Waals surface area contributed by atoms with E-state index in [0.717, 1.165) is 56.1 Å². The van der Waals surface area contributed by atoms with E-state index >= 15 is 0 Å².